The van der Waals surface area contributed by atoms with Crippen LogP contribution in [-0.4, -0.2) is 71.0 Å². The first kappa shape index (κ1) is 23.2. The van der Waals surface area contributed by atoms with E-state index < -0.39 is 55.2 Å². The normalized spacial score (nSPS) is 24.8. The summed E-state index contributed by atoms with van der Waals surface area (Å²) >= 11 is 0. The first-order valence-electron chi connectivity index (χ1n) is 10.9. The standard InChI is InChI=1S/C24H27FN2O6/c25-17-7-3-4-8-19(17)33-20-11-18(26-21(28)13-32-14-22(29)30)23(24(20)31)27-10-9-15-5-1-2-6-16(15)12-27/h1-8,18,20,23-24,31H,9-14H2,(H,26,28)(H,29,30)/t18-,20-,23+,24+/m1/s1. The van der Waals surface area contributed by atoms with Gasteiger partial charge in [-0.25, -0.2) is 9.18 Å². The van der Waals surface area contributed by atoms with Crippen molar-refractivity contribution in [2.45, 2.75) is 43.7 Å². The number of hydrogen-bond acceptors (Lipinski definition) is 6. The molecular weight excluding hydrogens is 431 g/mol. The van der Waals surface area contributed by atoms with Crippen molar-refractivity contribution < 1.29 is 33.7 Å². The van der Waals surface area contributed by atoms with E-state index in [4.69, 9.17) is 14.6 Å². The maximum Gasteiger partial charge on any atom is 0.329 e. The number of amides is 1. The Hall–Kier alpha value is -3.01. The summed E-state index contributed by atoms with van der Waals surface area (Å²) in [5.74, 6) is -2.13. The maximum absolute atomic E-state index is 14.1. The molecule has 1 aliphatic heterocycles. The molecule has 1 fully saturated rings. The monoisotopic (exact) mass is 458 g/mol. The van der Waals surface area contributed by atoms with Crippen molar-refractivity contribution in [3.8, 4) is 5.75 Å². The van der Waals surface area contributed by atoms with E-state index in [9.17, 15) is 19.1 Å². The van der Waals surface area contributed by atoms with Gasteiger partial charge in [0.2, 0.25) is 5.91 Å². The van der Waals surface area contributed by atoms with Gasteiger partial charge in [0.15, 0.2) is 11.6 Å². The molecule has 0 saturated heterocycles. The molecule has 1 saturated carbocycles. The molecular formula is C24H27FN2O6. The second-order valence-corrected chi connectivity index (χ2v) is 8.35. The largest absolute Gasteiger partial charge is 0.485 e. The van der Waals surface area contributed by atoms with Crippen molar-refractivity contribution in [2.24, 2.45) is 0 Å². The highest BCUT2D eigenvalue weighted by Crippen LogP contribution is 2.33. The second-order valence-electron chi connectivity index (χ2n) is 8.35. The summed E-state index contributed by atoms with van der Waals surface area (Å²) in [4.78, 5) is 25.1. The minimum absolute atomic E-state index is 0.0426. The SMILES string of the molecule is O=C(O)COCC(=O)N[C@@H]1C[C@@H](Oc2ccccc2F)[C@H](O)[C@H]1N1CCc2ccccc2C1. The lowest BCUT2D eigenvalue weighted by Gasteiger charge is -2.38. The number of benzene rings is 2. The molecule has 0 aromatic heterocycles. The smallest absolute Gasteiger partial charge is 0.329 e. The molecule has 1 amide bonds. The Bertz CT molecular complexity index is 1000. The Morgan fingerprint density at radius 2 is 1.82 bits per heavy atom. The first-order valence-corrected chi connectivity index (χ1v) is 10.9. The number of nitrogens with zero attached hydrogens (tertiary/aromatic N) is 1. The molecule has 9 heteroatoms. The average Bonchev–Trinajstić information content (AvgIpc) is 3.09. The molecule has 0 spiro atoms. The van der Waals surface area contributed by atoms with Crippen LogP contribution in [0.5, 0.6) is 5.75 Å². The fourth-order valence-corrected chi connectivity index (χ4v) is 4.67. The van der Waals surface area contributed by atoms with Gasteiger partial charge >= 0.3 is 5.97 Å². The summed E-state index contributed by atoms with van der Waals surface area (Å²) in [6.07, 6.45) is -0.627. The summed E-state index contributed by atoms with van der Waals surface area (Å²) < 4.78 is 24.9. The van der Waals surface area contributed by atoms with Crippen molar-refractivity contribution in [1.29, 1.82) is 0 Å². The highest BCUT2D eigenvalue weighted by Gasteiger charge is 2.48. The minimum atomic E-state index is -1.16. The van der Waals surface area contributed by atoms with E-state index in [-0.39, 0.29) is 12.2 Å². The van der Waals surface area contributed by atoms with Gasteiger partial charge in [-0.15, -0.1) is 0 Å². The van der Waals surface area contributed by atoms with Crippen LogP contribution in [0.3, 0.4) is 0 Å². The molecule has 2 aromatic rings. The molecule has 176 valence electrons. The minimum Gasteiger partial charge on any atom is -0.485 e. The Kier molecular flexibility index (Phi) is 7.22. The summed E-state index contributed by atoms with van der Waals surface area (Å²) in [6.45, 7) is 0.304. The van der Waals surface area contributed by atoms with Crippen LogP contribution < -0.4 is 10.1 Å². The van der Waals surface area contributed by atoms with Gasteiger partial charge < -0.3 is 25.0 Å². The molecule has 2 aromatic carbocycles. The molecule has 4 rings (SSSR count). The predicted octanol–water partition coefficient (Wildman–Crippen LogP) is 1.35. The van der Waals surface area contributed by atoms with Crippen LogP contribution in [0.25, 0.3) is 0 Å². The number of carboxylic acids is 1. The number of aliphatic carboxylic acids is 1. The number of halogens is 1. The number of aliphatic hydroxyl groups excluding tert-OH is 1. The van der Waals surface area contributed by atoms with Crippen LogP contribution in [0.4, 0.5) is 4.39 Å². The van der Waals surface area contributed by atoms with Crippen molar-refractivity contribution in [2.75, 3.05) is 19.8 Å². The molecule has 1 aliphatic carbocycles. The van der Waals surface area contributed by atoms with Gasteiger partial charge in [0, 0.05) is 19.5 Å². The fourth-order valence-electron chi connectivity index (χ4n) is 4.67. The van der Waals surface area contributed by atoms with Crippen LogP contribution in [0.1, 0.15) is 17.5 Å². The molecule has 3 N–H and O–H groups in total. The number of fused-ring (bicyclic) bond motifs is 1. The quantitative estimate of drug-likeness (QED) is 0.548. The third-order valence-electron chi connectivity index (χ3n) is 6.13. The number of rotatable bonds is 8. The van der Waals surface area contributed by atoms with E-state index in [1.54, 1.807) is 12.1 Å². The van der Waals surface area contributed by atoms with Crippen molar-refractivity contribution in [1.82, 2.24) is 10.2 Å². The van der Waals surface area contributed by atoms with Crippen LogP contribution in [0, 0.1) is 5.82 Å². The number of carbonyl (C=O) groups is 2. The highest BCUT2D eigenvalue weighted by atomic mass is 19.1. The van der Waals surface area contributed by atoms with Crippen LogP contribution in [-0.2, 0) is 27.3 Å². The third kappa shape index (κ3) is 5.50. The molecule has 0 unspecified atom stereocenters. The van der Waals surface area contributed by atoms with Gasteiger partial charge in [-0.1, -0.05) is 36.4 Å². The molecule has 4 atom stereocenters. The zero-order chi connectivity index (χ0) is 23.4. The average molecular weight is 458 g/mol. The molecule has 2 aliphatic rings. The lowest BCUT2D eigenvalue weighted by atomic mass is 9.97. The van der Waals surface area contributed by atoms with Gasteiger partial charge in [0.1, 0.15) is 25.4 Å². The van der Waals surface area contributed by atoms with Gasteiger partial charge in [-0.05, 0) is 29.7 Å². The Labute approximate surface area is 190 Å². The topological polar surface area (TPSA) is 108 Å². The van der Waals surface area contributed by atoms with Crippen molar-refractivity contribution in [3.63, 3.8) is 0 Å². The number of nitrogens with one attached hydrogen (secondary N) is 1. The van der Waals surface area contributed by atoms with Gasteiger partial charge in [0.25, 0.3) is 0 Å². The van der Waals surface area contributed by atoms with Crippen LogP contribution in [0.15, 0.2) is 48.5 Å². The van der Waals surface area contributed by atoms with E-state index in [2.05, 4.69) is 16.3 Å². The van der Waals surface area contributed by atoms with Gasteiger partial charge in [-0.3, -0.25) is 9.69 Å². The third-order valence-corrected chi connectivity index (χ3v) is 6.13. The summed E-state index contributed by atoms with van der Waals surface area (Å²) in [5.41, 5.74) is 2.41. The Morgan fingerprint density at radius 1 is 1.09 bits per heavy atom. The fraction of sp³-hybridized carbons (Fsp3) is 0.417. The number of hydrogen-bond donors (Lipinski definition) is 3. The van der Waals surface area contributed by atoms with E-state index in [1.807, 2.05) is 18.2 Å². The zero-order valence-electron chi connectivity index (χ0n) is 18.0. The Balaban J connectivity index is 1.50. The van der Waals surface area contributed by atoms with E-state index in [0.29, 0.717) is 13.1 Å². The number of ether oxygens (including phenoxy) is 2. The summed E-state index contributed by atoms with van der Waals surface area (Å²) in [6, 6.07) is 13.1. The van der Waals surface area contributed by atoms with Gasteiger partial charge in [0.05, 0.1) is 12.1 Å². The van der Waals surface area contributed by atoms with E-state index >= 15 is 0 Å². The zero-order valence-corrected chi connectivity index (χ0v) is 18.0. The molecule has 0 radical (unpaired) electrons. The summed E-state index contributed by atoms with van der Waals surface area (Å²) in [5, 5.41) is 22.7. The Morgan fingerprint density at radius 3 is 2.58 bits per heavy atom. The number of carboxylic acid groups (broad SMARTS) is 1. The second kappa shape index (κ2) is 10.3. The van der Waals surface area contributed by atoms with Crippen LogP contribution >= 0.6 is 0 Å². The van der Waals surface area contributed by atoms with Crippen LogP contribution in [0.2, 0.25) is 0 Å². The predicted molar refractivity (Wildman–Crippen MR) is 116 cm³/mol. The lowest BCUT2D eigenvalue weighted by Crippen LogP contribution is -2.55. The number of para-hydroxylation sites is 1. The highest BCUT2D eigenvalue weighted by molar-refractivity contribution is 5.78. The van der Waals surface area contributed by atoms with Gasteiger partial charge in [-0.2, -0.15) is 0 Å². The lowest BCUT2D eigenvalue weighted by molar-refractivity contribution is -0.143. The van der Waals surface area contributed by atoms with Crippen molar-refractivity contribution in [3.05, 3.63) is 65.5 Å². The molecule has 33 heavy (non-hydrogen) atoms. The van der Waals surface area contributed by atoms with E-state index in [1.165, 1.54) is 17.7 Å². The molecule has 0 bridgehead atoms. The molecule has 8 nitrogen and oxygen atoms in total. The summed E-state index contributed by atoms with van der Waals surface area (Å²) in [7, 11) is 0. The molecule has 1 heterocycles. The number of carbonyl (C=O) groups excluding carboxylic acids is 1. The van der Waals surface area contributed by atoms with Crippen molar-refractivity contribution >= 4 is 11.9 Å². The van der Waals surface area contributed by atoms with E-state index in [0.717, 1.165) is 12.0 Å². The number of aliphatic hydroxyl groups is 1. The maximum atomic E-state index is 14.1. The first-order chi connectivity index (χ1) is 15.9.